The molecule has 100 valence electrons. The number of benzene rings is 1. The minimum Gasteiger partial charge on any atom is -0.493 e. The lowest BCUT2D eigenvalue weighted by Gasteiger charge is -2.19. The molecule has 1 aliphatic rings. The SMILES string of the molecule is CNC(c1csc(Br)c1)c1cc(Cl)cc2c1OCC2. The van der Waals surface area contributed by atoms with Crippen molar-refractivity contribution in [1.29, 1.82) is 0 Å². The first-order valence-electron chi connectivity index (χ1n) is 6.05. The van der Waals surface area contributed by atoms with Crippen molar-refractivity contribution in [3.8, 4) is 5.75 Å². The summed E-state index contributed by atoms with van der Waals surface area (Å²) in [6, 6.07) is 6.24. The number of fused-ring (bicyclic) bond motifs is 1. The molecule has 1 aromatic heterocycles. The van der Waals surface area contributed by atoms with Gasteiger partial charge in [0.05, 0.1) is 16.4 Å². The summed E-state index contributed by atoms with van der Waals surface area (Å²) in [4.78, 5) is 0. The Morgan fingerprint density at radius 2 is 2.26 bits per heavy atom. The minimum atomic E-state index is 0.105. The minimum absolute atomic E-state index is 0.105. The second kappa shape index (κ2) is 5.44. The third-order valence-corrected chi connectivity index (χ3v) is 5.04. The Kier molecular flexibility index (Phi) is 3.85. The summed E-state index contributed by atoms with van der Waals surface area (Å²) in [5.41, 5.74) is 3.55. The standard InChI is InChI=1S/C14H13BrClNOS/c1-17-13(9-5-12(15)19-7-9)11-6-10(16)4-8-2-3-18-14(8)11/h4-7,13,17H,2-3H2,1H3. The summed E-state index contributed by atoms with van der Waals surface area (Å²) >= 11 is 11.4. The molecule has 0 fully saturated rings. The molecule has 0 amide bonds. The lowest BCUT2D eigenvalue weighted by atomic mass is 9.98. The number of hydrogen-bond acceptors (Lipinski definition) is 3. The summed E-state index contributed by atoms with van der Waals surface area (Å²) in [6.45, 7) is 0.743. The Labute approximate surface area is 129 Å². The first kappa shape index (κ1) is 13.4. The van der Waals surface area contributed by atoms with Gasteiger partial charge in [0.25, 0.3) is 0 Å². The van der Waals surface area contributed by atoms with Crippen molar-refractivity contribution < 1.29 is 4.74 Å². The van der Waals surface area contributed by atoms with Gasteiger partial charge in [0, 0.05) is 17.0 Å². The van der Waals surface area contributed by atoms with E-state index in [1.165, 1.54) is 11.1 Å². The van der Waals surface area contributed by atoms with E-state index in [0.717, 1.165) is 33.1 Å². The van der Waals surface area contributed by atoms with Gasteiger partial charge in [-0.1, -0.05) is 11.6 Å². The van der Waals surface area contributed by atoms with Crippen LogP contribution in [0.15, 0.2) is 27.4 Å². The van der Waals surface area contributed by atoms with E-state index < -0.39 is 0 Å². The molecule has 2 nitrogen and oxygen atoms in total. The fraction of sp³-hybridized carbons (Fsp3) is 0.286. The van der Waals surface area contributed by atoms with Gasteiger partial charge < -0.3 is 10.1 Å². The van der Waals surface area contributed by atoms with Gasteiger partial charge in [-0.05, 0) is 57.7 Å². The van der Waals surface area contributed by atoms with E-state index in [1.54, 1.807) is 11.3 Å². The topological polar surface area (TPSA) is 21.3 Å². The van der Waals surface area contributed by atoms with E-state index in [1.807, 2.05) is 19.2 Å². The van der Waals surface area contributed by atoms with Crippen molar-refractivity contribution in [1.82, 2.24) is 5.32 Å². The predicted octanol–water partition coefficient (Wildman–Crippen LogP) is 4.41. The number of nitrogens with one attached hydrogen (secondary N) is 1. The van der Waals surface area contributed by atoms with Crippen LogP contribution < -0.4 is 10.1 Å². The van der Waals surface area contributed by atoms with Crippen LogP contribution in [0.5, 0.6) is 5.75 Å². The second-order valence-corrected chi connectivity index (χ2v) is 7.21. The van der Waals surface area contributed by atoms with E-state index in [2.05, 4.69) is 32.7 Å². The number of thiophene rings is 1. The van der Waals surface area contributed by atoms with Crippen LogP contribution in [0.3, 0.4) is 0 Å². The molecule has 0 aliphatic carbocycles. The summed E-state index contributed by atoms with van der Waals surface area (Å²) in [7, 11) is 1.96. The van der Waals surface area contributed by atoms with Gasteiger partial charge in [-0.15, -0.1) is 11.3 Å². The molecule has 1 aliphatic heterocycles. The lowest BCUT2D eigenvalue weighted by Crippen LogP contribution is -2.17. The molecule has 2 aromatic rings. The van der Waals surface area contributed by atoms with E-state index >= 15 is 0 Å². The number of rotatable bonds is 3. The predicted molar refractivity (Wildman–Crippen MR) is 83.6 cm³/mol. The van der Waals surface area contributed by atoms with Crippen LogP contribution in [-0.2, 0) is 6.42 Å². The van der Waals surface area contributed by atoms with Gasteiger partial charge in [0.2, 0.25) is 0 Å². The summed E-state index contributed by atoms with van der Waals surface area (Å²) in [5.74, 6) is 0.992. The van der Waals surface area contributed by atoms with Crippen molar-refractivity contribution in [2.45, 2.75) is 12.5 Å². The van der Waals surface area contributed by atoms with E-state index in [0.29, 0.717) is 0 Å². The molecule has 1 atom stereocenters. The highest BCUT2D eigenvalue weighted by atomic mass is 79.9. The highest BCUT2D eigenvalue weighted by molar-refractivity contribution is 9.11. The van der Waals surface area contributed by atoms with E-state index in [4.69, 9.17) is 16.3 Å². The van der Waals surface area contributed by atoms with Crippen molar-refractivity contribution in [3.05, 3.63) is 49.1 Å². The van der Waals surface area contributed by atoms with Crippen molar-refractivity contribution in [3.63, 3.8) is 0 Å². The molecule has 0 bridgehead atoms. The Balaban J connectivity index is 2.09. The van der Waals surface area contributed by atoms with Gasteiger partial charge in [-0.2, -0.15) is 0 Å². The zero-order valence-electron chi connectivity index (χ0n) is 10.4. The molecule has 2 heterocycles. The molecule has 3 rings (SSSR count). The number of halogens is 2. The normalized spacial score (nSPS) is 15.1. The maximum atomic E-state index is 6.23. The Morgan fingerprint density at radius 1 is 1.42 bits per heavy atom. The van der Waals surface area contributed by atoms with Crippen molar-refractivity contribution >= 4 is 38.9 Å². The molecule has 5 heteroatoms. The lowest BCUT2D eigenvalue weighted by molar-refractivity contribution is 0.351. The first-order valence-corrected chi connectivity index (χ1v) is 8.10. The van der Waals surface area contributed by atoms with Crippen LogP contribution in [0, 0.1) is 0 Å². The van der Waals surface area contributed by atoms with E-state index in [9.17, 15) is 0 Å². The van der Waals surface area contributed by atoms with Crippen LogP contribution >= 0.6 is 38.9 Å². The monoisotopic (exact) mass is 357 g/mol. The maximum absolute atomic E-state index is 6.23. The maximum Gasteiger partial charge on any atom is 0.127 e. The molecule has 0 spiro atoms. The molecule has 1 unspecified atom stereocenters. The number of ether oxygens (including phenoxy) is 1. The number of hydrogen-bond donors (Lipinski definition) is 1. The zero-order valence-corrected chi connectivity index (χ0v) is 13.5. The molecule has 1 N–H and O–H groups in total. The average Bonchev–Trinajstić information content (AvgIpc) is 2.99. The average molecular weight is 359 g/mol. The molecule has 19 heavy (non-hydrogen) atoms. The van der Waals surface area contributed by atoms with Crippen LogP contribution in [0.1, 0.15) is 22.7 Å². The molecule has 1 aromatic carbocycles. The van der Waals surface area contributed by atoms with Crippen LogP contribution in [0.25, 0.3) is 0 Å². The Bertz CT molecular complexity index is 613. The molecule has 0 saturated carbocycles. The second-order valence-electron chi connectivity index (χ2n) is 4.49. The highest BCUT2D eigenvalue weighted by Gasteiger charge is 2.24. The third kappa shape index (κ3) is 2.55. The summed E-state index contributed by atoms with van der Waals surface area (Å²) < 4.78 is 6.92. The third-order valence-electron chi connectivity index (χ3n) is 3.30. The van der Waals surface area contributed by atoms with Gasteiger partial charge in [-0.25, -0.2) is 0 Å². The molecular weight excluding hydrogens is 346 g/mol. The quantitative estimate of drug-likeness (QED) is 0.877. The van der Waals surface area contributed by atoms with Gasteiger partial charge in [0.1, 0.15) is 5.75 Å². The molecule has 0 saturated heterocycles. The van der Waals surface area contributed by atoms with Gasteiger partial charge in [0.15, 0.2) is 0 Å². The van der Waals surface area contributed by atoms with Crippen LogP contribution in [0.2, 0.25) is 5.02 Å². The van der Waals surface area contributed by atoms with Crippen LogP contribution in [0.4, 0.5) is 0 Å². The smallest absolute Gasteiger partial charge is 0.127 e. The van der Waals surface area contributed by atoms with Crippen molar-refractivity contribution in [2.24, 2.45) is 0 Å². The largest absolute Gasteiger partial charge is 0.493 e. The van der Waals surface area contributed by atoms with E-state index in [-0.39, 0.29) is 6.04 Å². The van der Waals surface area contributed by atoms with Crippen molar-refractivity contribution in [2.75, 3.05) is 13.7 Å². The van der Waals surface area contributed by atoms with Gasteiger partial charge >= 0.3 is 0 Å². The molecule has 0 radical (unpaired) electrons. The fourth-order valence-corrected chi connectivity index (χ4v) is 3.94. The van der Waals surface area contributed by atoms with Gasteiger partial charge in [-0.3, -0.25) is 0 Å². The first-order chi connectivity index (χ1) is 9.19. The van der Waals surface area contributed by atoms with Crippen LogP contribution in [-0.4, -0.2) is 13.7 Å². The fourth-order valence-electron chi connectivity index (χ4n) is 2.49. The molecular formula is C14H13BrClNOS. The summed E-state index contributed by atoms with van der Waals surface area (Å²) in [5, 5.41) is 6.27. The summed E-state index contributed by atoms with van der Waals surface area (Å²) in [6.07, 6.45) is 0.937. The zero-order chi connectivity index (χ0) is 13.4. The Morgan fingerprint density at radius 3 is 2.95 bits per heavy atom. The Hall–Kier alpha value is -0.550. The highest BCUT2D eigenvalue weighted by Crippen LogP contribution is 2.39.